The molecule has 4 atom stereocenters. The van der Waals surface area contributed by atoms with Gasteiger partial charge in [-0.1, -0.05) is 6.92 Å². The van der Waals surface area contributed by atoms with Crippen molar-refractivity contribution < 1.29 is 14.6 Å². The highest BCUT2D eigenvalue weighted by Gasteiger charge is 2.42. The second-order valence-electron chi connectivity index (χ2n) is 4.58. The number of hydrogen-bond acceptors (Lipinski definition) is 6. The first-order valence-electron chi connectivity index (χ1n) is 6.06. The molecule has 19 heavy (non-hydrogen) atoms. The summed E-state index contributed by atoms with van der Waals surface area (Å²) in [7, 11) is 0. The number of nitrogen functional groups attached to an aromatic ring is 1. The third kappa shape index (κ3) is 2.56. The smallest absolute Gasteiger partial charge is 0.223 e. The minimum atomic E-state index is -0.667. The van der Waals surface area contributed by atoms with Gasteiger partial charge < -0.3 is 21.3 Å². The fourth-order valence-corrected chi connectivity index (χ4v) is 2.62. The summed E-state index contributed by atoms with van der Waals surface area (Å²) in [4.78, 5) is 14.9. The standard InChI is InChI=1S/C11H18N4O3S/c1-2-6-8(17)9(19)11(18-6)15-4-14-5(10(15)13)3-7(12)16/h4,6,8-9,11,17,19H,2-3,13H2,1H3,(H2,12,16)/t6-,8-,9-,11-/m1/s1. The molecule has 0 aliphatic carbocycles. The lowest BCUT2D eigenvalue weighted by Crippen LogP contribution is -2.27. The number of nitrogens with two attached hydrogens (primary N) is 2. The molecule has 1 fully saturated rings. The number of ether oxygens (including phenoxy) is 1. The predicted octanol–water partition coefficient (Wildman–Crippen LogP) is -0.540. The molecule has 106 valence electrons. The molecule has 7 nitrogen and oxygen atoms in total. The van der Waals surface area contributed by atoms with Crippen LogP contribution in [0.15, 0.2) is 6.33 Å². The highest BCUT2D eigenvalue weighted by atomic mass is 32.1. The van der Waals surface area contributed by atoms with E-state index >= 15 is 0 Å². The van der Waals surface area contributed by atoms with Crippen molar-refractivity contribution in [1.29, 1.82) is 0 Å². The third-order valence-electron chi connectivity index (χ3n) is 3.27. The largest absolute Gasteiger partial charge is 0.389 e. The van der Waals surface area contributed by atoms with Gasteiger partial charge in [0.25, 0.3) is 0 Å². The third-order valence-corrected chi connectivity index (χ3v) is 3.83. The van der Waals surface area contributed by atoms with Gasteiger partial charge in [-0.05, 0) is 6.42 Å². The molecule has 2 heterocycles. The Balaban J connectivity index is 2.23. The topological polar surface area (TPSA) is 116 Å². The maximum absolute atomic E-state index is 10.9. The Bertz CT molecular complexity index is 479. The normalized spacial score (nSPS) is 30.7. The van der Waals surface area contributed by atoms with E-state index in [1.165, 1.54) is 6.33 Å². The van der Waals surface area contributed by atoms with Crippen LogP contribution >= 0.6 is 12.6 Å². The summed E-state index contributed by atoms with van der Waals surface area (Å²) in [6.07, 6.45) is 0.678. The molecule has 0 spiro atoms. The molecular weight excluding hydrogens is 268 g/mol. The van der Waals surface area contributed by atoms with E-state index in [1.807, 2.05) is 6.92 Å². The Labute approximate surface area is 116 Å². The van der Waals surface area contributed by atoms with Crippen LogP contribution in [0.4, 0.5) is 5.82 Å². The van der Waals surface area contributed by atoms with Crippen LogP contribution in [0.5, 0.6) is 0 Å². The lowest BCUT2D eigenvalue weighted by atomic mass is 10.1. The minimum Gasteiger partial charge on any atom is -0.389 e. The minimum absolute atomic E-state index is 0.0252. The molecule has 1 amide bonds. The fraction of sp³-hybridized carbons (Fsp3) is 0.636. The molecule has 0 saturated carbocycles. The lowest BCUT2D eigenvalue weighted by Gasteiger charge is -2.17. The number of aromatic nitrogens is 2. The Hall–Kier alpha value is -1.25. The van der Waals surface area contributed by atoms with E-state index in [4.69, 9.17) is 16.2 Å². The number of amides is 1. The highest BCUT2D eigenvalue weighted by molar-refractivity contribution is 7.81. The van der Waals surface area contributed by atoms with Crippen LogP contribution in [0.3, 0.4) is 0 Å². The molecule has 1 aliphatic rings. The summed E-state index contributed by atoms with van der Waals surface area (Å²) < 4.78 is 7.30. The van der Waals surface area contributed by atoms with E-state index in [1.54, 1.807) is 4.57 Å². The molecule has 8 heteroatoms. The van der Waals surface area contributed by atoms with Crippen LogP contribution in [0.1, 0.15) is 25.3 Å². The van der Waals surface area contributed by atoms with Crippen LogP contribution in [0.2, 0.25) is 0 Å². The molecular formula is C11H18N4O3S. The number of aliphatic hydroxyl groups excluding tert-OH is 1. The Morgan fingerprint density at radius 2 is 2.37 bits per heavy atom. The molecule has 1 saturated heterocycles. The molecule has 1 aromatic rings. The van der Waals surface area contributed by atoms with Crippen LogP contribution in [-0.2, 0) is 16.0 Å². The first-order valence-corrected chi connectivity index (χ1v) is 6.58. The summed E-state index contributed by atoms with van der Waals surface area (Å²) in [6.45, 7) is 1.92. The van der Waals surface area contributed by atoms with Crippen molar-refractivity contribution in [1.82, 2.24) is 9.55 Å². The van der Waals surface area contributed by atoms with Crippen LogP contribution in [0.25, 0.3) is 0 Å². The van der Waals surface area contributed by atoms with Crippen molar-refractivity contribution in [2.24, 2.45) is 5.73 Å². The molecule has 0 bridgehead atoms. The van der Waals surface area contributed by atoms with Gasteiger partial charge in [-0.25, -0.2) is 4.98 Å². The molecule has 5 N–H and O–H groups in total. The quantitative estimate of drug-likeness (QED) is 0.555. The fourth-order valence-electron chi connectivity index (χ4n) is 2.21. The molecule has 1 aliphatic heterocycles. The van der Waals surface area contributed by atoms with Crippen molar-refractivity contribution >= 4 is 24.4 Å². The summed E-state index contributed by atoms with van der Waals surface area (Å²) in [5.41, 5.74) is 11.5. The van der Waals surface area contributed by atoms with E-state index in [-0.39, 0.29) is 12.5 Å². The zero-order valence-electron chi connectivity index (χ0n) is 10.6. The summed E-state index contributed by atoms with van der Waals surface area (Å²) in [5, 5.41) is 9.58. The van der Waals surface area contributed by atoms with Gasteiger partial charge in [0, 0.05) is 0 Å². The van der Waals surface area contributed by atoms with Gasteiger partial charge in [-0.3, -0.25) is 9.36 Å². The van der Waals surface area contributed by atoms with Gasteiger partial charge in [0.1, 0.15) is 5.82 Å². The molecule has 0 unspecified atom stereocenters. The predicted molar refractivity (Wildman–Crippen MR) is 72.5 cm³/mol. The van der Waals surface area contributed by atoms with Crippen molar-refractivity contribution in [3.63, 3.8) is 0 Å². The first-order chi connectivity index (χ1) is 8.95. The average molecular weight is 286 g/mol. The second-order valence-corrected chi connectivity index (χ2v) is 5.18. The average Bonchev–Trinajstić information content (AvgIpc) is 2.83. The number of hydrogen-bond donors (Lipinski definition) is 4. The summed E-state index contributed by atoms with van der Waals surface area (Å²) >= 11 is 4.36. The zero-order chi connectivity index (χ0) is 14.2. The van der Waals surface area contributed by atoms with Gasteiger partial charge in [-0.15, -0.1) is 0 Å². The number of anilines is 1. The van der Waals surface area contributed by atoms with Crippen molar-refractivity contribution in [3.05, 3.63) is 12.0 Å². The van der Waals surface area contributed by atoms with Crippen LogP contribution < -0.4 is 11.5 Å². The van der Waals surface area contributed by atoms with Gasteiger partial charge in [0.05, 0.1) is 35.9 Å². The number of carbonyl (C=O) groups is 1. The molecule has 2 rings (SSSR count). The van der Waals surface area contributed by atoms with Gasteiger partial charge in [-0.2, -0.15) is 12.6 Å². The first kappa shape index (κ1) is 14.2. The Kier molecular flexibility index (Phi) is 4.02. The number of aliphatic hydroxyl groups is 1. The number of imidazole rings is 1. The lowest BCUT2D eigenvalue weighted by molar-refractivity contribution is -0.117. The second kappa shape index (κ2) is 5.40. The van der Waals surface area contributed by atoms with E-state index in [0.717, 1.165) is 0 Å². The Morgan fingerprint density at radius 3 is 2.89 bits per heavy atom. The molecule has 0 radical (unpaired) electrons. The number of thiol groups is 1. The van der Waals surface area contributed by atoms with Crippen molar-refractivity contribution in [2.45, 2.75) is 43.5 Å². The molecule has 0 aromatic carbocycles. The maximum atomic E-state index is 10.9. The van der Waals surface area contributed by atoms with E-state index in [2.05, 4.69) is 17.6 Å². The van der Waals surface area contributed by atoms with Crippen LogP contribution in [-0.4, -0.2) is 38.0 Å². The van der Waals surface area contributed by atoms with E-state index < -0.39 is 23.5 Å². The Morgan fingerprint density at radius 1 is 1.68 bits per heavy atom. The summed E-state index contributed by atoms with van der Waals surface area (Å²) in [5.74, 6) is -0.190. The van der Waals surface area contributed by atoms with Crippen LogP contribution in [0, 0.1) is 0 Å². The maximum Gasteiger partial charge on any atom is 0.223 e. The number of primary amides is 1. The van der Waals surface area contributed by atoms with Crippen molar-refractivity contribution in [3.8, 4) is 0 Å². The van der Waals surface area contributed by atoms with E-state index in [0.29, 0.717) is 17.9 Å². The monoisotopic (exact) mass is 286 g/mol. The van der Waals surface area contributed by atoms with Gasteiger partial charge >= 0.3 is 0 Å². The molecule has 1 aromatic heterocycles. The van der Waals surface area contributed by atoms with Gasteiger partial charge in [0.15, 0.2) is 6.23 Å². The van der Waals surface area contributed by atoms with Crippen molar-refractivity contribution in [2.75, 3.05) is 5.73 Å². The number of nitrogens with zero attached hydrogens (tertiary/aromatic N) is 2. The number of carbonyl (C=O) groups excluding carboxylic acids is 1. The van der Waals surface area contributed by atoms with Gasteiger partial charge in [0.2, 0.25) is 5.91 Å². The highest BCUT2D eigenvalue weighted by Crippen LogP contribution is 2.36. The van der Waals surface area contributed by atoms with E-state index in [9.17, 15) is 9.90 Å². The zero-order valence-corrected chi connectivity index (χ0v) is 11.5. The summed E-state index contributed by atoms with van der Waals surface area (Å²) in [6, 6.07) is 0. The number of rotatable bonds is 4. The SMILES string of the molecule is CC[C@H]1O[C@@H](n2cnc(CC(N)=O)c2N)[C@H](S)[C@@H]1O.